The van der Waals surface area contributed by atoms with Crippen molar-refractivity contribution in [2.45, 2.75) is 38.4 Å². The number of nitrogen functional groups attached to an aromatic ring is 1. The van der Waals surface area contributed by atoms with Crippen molar-refractivity contribution in [3.05, 3.63) is 15.3 Å². The van der Waals surface area contributed by atoms with Gasteiger partial charge in [-0.2, -0.15) is 5.26 Å². The maximum Gasteiger partial charge on any atom is 0.157 e. The first kappa shape index (κ1) is 15.0. The molecular weight excluding hydrogens is 268 g/mol. The van der Waals surface area contributed by atoms with E-state index in [1.54, 1.807) is 13.8 Å². The van der Waals surface area contributed by atoms with Crippen LogP contribution in [0.5, 0.6) is 0 Å². The van der Waals surface area contributed by atoms with Crippen LogP contribution in [0.2, 0.25) is 0 Å². The van der Waals surface area contributed by atoms with E-state index in [2.05, 4.69) is 0 Å². The fourth-order valence-corrected chi connectivity index (χ4v) is 3.82. The molecule has 4 nitrogen and oxygen atoms in total. The minimum atomic E-state index is -3.26. The second-order valence-electron chi connectivity index (χ2n) is 4.80. The maximum absolute atomic E-state index is 11.9. The van der Waals surface area contributed by atoms with Crippen LogP contribution in [-0.4, -0.2) is 14.7 Å². The quantitative estimate of drug-likeness (QED) is 0.921. The lowest BCUT2D eigenvalue weighted by molar-refractivity contribution is 0.563. The van der Waals surface area contributed by atoms with Crippen LogP contribution in [0.3, 0.4) is 0 Å². The van der Waals surface area contributed by atoms with E-state index < -0.39 is 14.6 Å². The Hall–Kier alpha value is -1.06. The van der Waals surface area contributed by atoms with E-state index in [0.717, 1.165) is 12.0 Å². The molecular formula is C12H18N2O2S2. The standard InChI is InChI=1S/C12H18N2O2S2/c1-5-6-8-10(14)9(7-13)17-11(8)12(2,3)18(4,15)16/h5-6,14H2,1-4H3. The smallest absolute Gasteiger partial charge is 0.157 e. The number of nitrogens with zero attached hydrogens (tertiary/aromatic N) is 1. The first-order valence-electron chi connectivity index (χ1n) is 5.68. The van der Waals surface area contributed by atoms with E-state index in [0.29, 0.717) is 21.9 Å². The van der Waals surface area contributed by atoms with Crippen molar-refractivity contribution in [1.29, 1.82) is 5.26 Å². The van der Waals surface area contributed by atoms with Crippen LogP contribution in [0.25, 0.3) is 0 Å². The summed E-state index contributed by atoms with van der Waals surface area (Å²) in [5, 5.41) is 9.02. The highest BCUT2D eigenvalue weighted by molar-refractivity contribution is 7.91. The summed E-state index contributed by atoms with van der Waals surface area (Å²) in [4.78, 5) is 1.10. The number of hydrogen-bond acceptors (Lipinski definition) is 5. The van der Waals surface area contributed by atoms with Gasteiger partial charge < -0.3 is 5.73 Å². The molecule has 1 heterocycles. The van der Waals surface area contributed by atoms with Crippen molar-refractivity contribution < 1.29 is 8.42 Å². The Morgan fingerprint density at radius 1 is 1.44 bits per heavy atom. The van der Waals surface area contributed by atoms with Gasteiger partial charge in [0.2, 0.25) is 0 Å². The molecule has 0 aromatic carbocycles. The van der Waals surface area contributed by atoms with Gasteiger partial charge in [0, 0.05) is 11.1 Å². The highest BCUT2D eigenvalue weighted by Gasteiger charge is 2.37. The molecule has 0 aliphatic heterocycles. The Balaban J connectivity index is 3.56. The zero-order valence-electron chi connectivity index (χ0n) is 11.1. The van der Waals surface area contributed by atoms with Gasteiger partial charge >= 0.3 is 0 Å². The van der Waals surface area contributed by atoms with Gasteiger partial charge in [-0.05, 0) is 25.8 Å². The Labute approximate surface area is 112 Å². The summed E-state index contributed by atoms with van der Waals surface area (Å²) in [6, 6.07) is 2.04. The van der Waals surface area contributed by atoms with Gasteiger partial charge in [0.15, 0.2) is 9.84 Å². The van der Waals surface area contributed by atoms with Crippen LogP contribution >= 0.6 is 11.3 Å². The largest absolute Gasteiger partial charge is 0.397 e. The molecule has 6 heteroatoms. The van der Waals surface area contributed by atoms with Crippen molar-refractivity contribution >= 4 is 26.9 Å². The number of hydrogen-bond donors (Lipinski definition) is 1. The first-order valence-corrected chi connectivity index (χ1v) is 8.38. The van der Waals surface area contributed by atoms with Crippen molar-refractivity contribution in [3.63, 3.8) is 0 Å². The molecule has 0 aliphatic carbocycles. The molecule has 0 amide bonds. The Kier molecular flexibility index (Phi) is 4.08. The third-order valence-electron chi connectivity index (χ3n) is 3.12. The van der Waals surface area contributed by atoms with Gasteiger partial charge in [-0.3, -0.25) is 0 Å². The first-order chi connectivity index (χ1) is 8.16. The van der Waals surface area contributed by atoms with Gasteiger partial charge in [-0.1, -0.05) is 13.3 Å². The molecule has 0 unspecified atom stereocenters. The molecule has 2 N–H and O–H groups in total. The van der Waals surface area contributed by atoms with Crippen molar-refractivity contribution in [2.75, 3.05) is 12.0 Å². The lowest BCUT2D eigenvalue weighted by Gasteiger charge is -2.23. The van der Waals surface area contributed by atoms with Crippen molar-refractivity contribution in [3.8, 4) is 6.07 Å². The monoisotopic (exact) mass is 286 g/mol. The average molecular weight is 286 g/mol. The molecule has 1 aromatic heterocycles. The van der Waals surface area contributed by atoms with Crippen LogP contribution in [0.15, 0.2) is 0 Å². The van der Waals surface area contributed by atoms with Gasteiger partial charge in [-0.25, -0.2) is 8.42 Å². The zero-order chi connectivity index (χ0) is 14.1. The average Bonchev–Trinajstić information content (AvgIpc) is 2.56. The lowest BCUT2D eigenvalue weighted by Crippen LogP contribution is -2.28. The fraction of sp³-hybridized carbons (Fsp3) is 0.583. The van der Waals surface area contributed by atoms with Crippen LogP contribution in [0.1, 0.15) is 42.5 Å². The molecule has 0 spiro atoms. The SMILES string of the molecule is CCCc1c(C(C)(C)S(C)(=O)=O)sc(C#N)c1N. The minimum absolute atomic E-state index is 0.408. The Bertz CT molecular complexity index is 592. The van der Waals surface area contributed by atoms with E-state index >= 15 is 0 Å². The predicted molar refractivity (Wildman–Crippen MR) is 75.3 cm³/mol. The second kappa shape index (κ2) is 4.90. The molecule has 0 saturated carbocycles. The fourth-order valence-electron chi connectivity index (χ4n) is 1.71. The molecule has 0 aliphatic rings. The van der Waals surface area contributed by atoms with Crippen LogP contribution in [-0.2, 0) is 21.0 Å². The highest BCUT2D eigenvalue weighted by atomic mass is 32.2. The number of nitrogens with two attached hydrogens (primary N) is 1. The van der Waals surface area contributed by atoms with E-state index in [-0.39, 0.29) is 0 Å². The van der Waals surface area contributed by atoms with Gasteiger partial charge in [-0.15, -0.1) is 11.3 Å². The molecule has 18 heavy (non-hydrogen) atoms. The molecule has 0 fully saturated rings. The van der Waals surface area contributed by atoms with Crippen LogP contribution in [0.4, 0.5) is 5.69 Å². The van der Waals surface area contributed by atoms with E-state index in [9.17, 15) is 8.42 Å². The number of thiophene rings is 1. The van der Waals surface area contributed by atoms with Crippen molar-refractivity contribution in [1.82, 2.24) is 0 Å². The van der Waals surface area contributed by atoms with E-state index in [4.69, 9.17) is 11.0 Å². The molecule has 100 valence electrons. The van der Waals surface area contributed by atoms with Gasteiger partial charge in [0.05, 0.1) is 5.69 Å². The minimum Gasteiger partial charge on any atom is -0.397 e. The summed E-state index contributed by atoms with van der Waals surface area (Å²) < 4.78 is 22.8. The number of sulfone groups is 1. The summed E-state index contributed by atoms with van der Waals surface area (Å²) in [7, 11) is -3.26. The summed E-state index contributed by atoms with van der Waals surface area (Å²) in [5.74, 6) is 0. The highest BCUT2D eigenvalue weighted by Crippen LogP contribution is 2.41. The lowest BCUT2D eigenvalue weighted by atomic mass is 10.0. The molecule has 1 aromatic rings. The number of anilines is 1. The molecule has 0 saturated heterocycles. The van der Waals surface area contributed by atoms with Crippen LogP contribution < -0.4 is 5.73 Å². The van der Waals surface area contributed by atoms with Gasteiger partial charge in [0.1, 0.15) is 15.7 Å². The third-order valence-corrected chi connectivity index (χ3v) is 6.79. The maximum atomic E-state index is 11.9. The topological polar surface area (TPSA) is 84.0 Å². The summed E-state index contributed by atoms with van der Waals surface area (Å²) in [6.07, 6.45) is 2.77. The van der Waals surface area contributed by atoms with E-state index in [1.165, 1.54) is 17.6 Å². The molecule has 0 atom stereocenters. The second-order valence-corrected chi connectivity index (χ2v) is 8.38. The molecule has 1 rings (SSSR count). The zero-order valence-corrected chi connectivity index (χ0v) is 12.7. The Morgan fingerprint density at radius 3 is 2.39 bits per heavy atom. The van der Waals surface area contributed by atoms with Crippen molar-refractivity contribution in [2.24, 2.45) is 0 Å². The predicted octanol–water partition coefficient (Wildman–Crippen LogP) is 2.43. The Morgan fingerprint density at radius 2 is 2.00 bits per heavy atom. The third kappa shape index (κ3) is 2.38. The van der Waals surface area contributed by atoms with E-state index in [1.807, 2.05) is 13.0 Å². The summed E-state index contributed by atoms with van der Waals surface area (Å²) in [5.41, 5.74) is 7.19. The number of nitriles is 1. The molecule has 0 radical (unpaired) electrons. The number of rotatable bonds is 4. The summed E-state index contributed by atoms with van der Waals surface area (Å²) in [6.45, 7) is 5.32. The van der Waals surface area contributed by atoms with Gasteiger partial charge in [0.25, 0.3) is 0 Å². The summed E-state index contributed by atoms with van der Waals surface area (Å²) >= 11 is 1.19. The van der Waals surface area contributed by atoms with Crippen LogP contribution in [0, 0.1) is 11.3 Å². The molecule has 0 bridgehead atoms. The normalized spacial score (nSPS) is 12.4.